The molecule has 1 N–H and O–H groups in total. The van der Waals surface area contributed by atoms with Gasteiger partial charge in [-0.2, -0.15) is 0 Å². The van der Waals surface area contributed by atoms with E-state index in [1.807, 2.05) is 0 Å². The molecule has 112 valence electrons. The SMILES string of the molecule is CCC(CC)(c1ccccc1)C(NC)c1ccccc1C. The summed E-state index contributed by atoms with van der Waals surface area (Å²) in [5.41, 5.74) is 4.33. The molecule has 2 rings (SSSR count). The third kappa shape index (κ3) is 2.89. The van der Waals surface area contributed by atoms with Gasteiger partial charge in [-0.1, -0.05) is 68.4 Å². The van der Waals surface area contributed by atoms with Crippen LogP contribution in [0.15, 0.2) is 54.6 Å². The summed E-state index contributed by atoms with van der Waals surface area (Å²) in [6, 6.07) is 20.0. The maximum absolute atomic E-state index is 3.60. The van der Waals surface area contributed by atoms with Crippen LogP contribution in [-0.2, 0) is 5.41 Å². The Balaban J connectivity index is 2.57. The zero-order valence-corrected chi connectivity index (χ0v) is 13.7. The fourth-order valence-corrected chi connectivity index (χ4v) is 3.64. The van der Waals surface area contributed by atoms with E-state index in [0.29, 0.717) is 6.04 Å². The summed E-state index contributed by atoms with van der Waals surface area (Å²) in [4.78, 5) is 0. The van der Waals surface area contributed by atoms with Crippen molar-refractivity contribution in [2.75, 3.05) is 7.05 Å². The molecule has 0 aliphatic carbocycles. The van der Waals surface area contributed by atoms with Crippen LogP contribution in [0.4, 0.5) is 0 Å². The van der Waals surface area contributed by atoms with Gasteiger partial charge in [0.25, 0.3) is 0 Å². The van der Waals surface area contributed by atoms with Crippen LogP contribution in [0.1, 0.15) is 49.4 Å². The van der Waals surface area contributed by atoms with Crippen LogP contribution in [-0.4, -0.2) is 7.05 Å². The van der Waals surface area contributed by atoms with Crippen LogP contribution in [0, 0.1) is 6.92 Å². The molecular weight excluding hydrogens is 254 g/mol. The highest BCUT2D eigenvalue weighted by Crippen LogP contribution is 2.43. The summed E-state index contributed by atoms with van der Waals surface area (Å²) in [7, 11) is 2.08. The fraction of sp³-hybridized carbons (Fsp3) is 0.400. The van der Waals surface area contributed by atoms with Crippen molar-refractivity contribution < 1.29 is 0 Å². The topological polar surface area (TPSA) is 12.0 Å². The Morgan fingerprint density at radius 2 is 1.48 bits per heavy atom. The third-order valence-electron chi connectivity index (χ3n) is 4.95. The zero-order valence-electron chi connectivity index (χ0n) is 13.7. The summed E-state index contributed by atoms with van der Waals surface area (Å²) in [6.45, 7) is 6.82. The minimum absolute atomic E-state index is 0.127. The van der Waals surface area contributed by atoms with Gasteiger partial charge in [-0.3, -0.25) is 0 Å². The van der Waals surface area contributed by atoms with Gasteiger partial charge in [0, 0.05) is 11.5 Å². The lowest BCUT2D eigenvalue weighted by Gasteiger charge is -2.41. The van der Waals surface area contributed by atoms with E-state index in [4.69, 9.17) is 0 Å². The van der Waals surface area contributed by atoms with E-state index in [1.54, 1.807) is 0 Å². The van der Waals surface area contributed by atoms with Gasteiger partial charge in [0.1, 0.15) is 0 Å². The van der Waals surface area contributed by atoms with Crippen molar-refractivity contribution in [2.45, 2.75) is 45.1 Å². The Bertz CT molecular complexity index is 555. The molecule has 0 fully saturated rings. The minimum Gasteiger partial charge on any atom is -0.312 e. The first kappa shape index (κ1) is 15.8. The molecule has 2 aromatic carbocycles. The summed E-state index contributed by atoms with van der Waals surface area (Å²) in [5, 5.41) is 3.60. The monoisotopic (exact) mass is 281 g/mol. The summed E-state index contributed by atoms with van der Waals surface area (Å²) < 4.78 is 0. The molecule has 1 atom stereocenters. The van der Waals surface area contributed by atoms with Gasteiger partial charge in [0.05, 0.1) is 0 Å². The van der Waals surface area contributed by atoms with Crippen LogP contribution < -0.4 is 5.32 Å². The van der Waals surface area contributed by atoms with Gasteiger partial charge in [-0.15, -0.1) is 0 Å². The van der Waals surface area contributed by atoms with E-state index in [1.165, 1.54) is 16.7 Å². The van der Waals surface area contributed by atoms with Crippen molar-refractivity contribution in [1.82, 2.24) is 5.32 Å². The molecule has 0 saturated carbocycles. The molecule has 1 heteroatoms. The van der Waals surface area contributed by atoms with Gasteiger partial charge >= 0.3 is 0 Å². The number of likely N-dealkylation sites (N-methyl/N-ethyl adjacent to an activating group) is 1. The normalized spacial score (nSPS) is 13.1. The van der Waals surface area contributed by atoms with Crippen molar-refractivity contribution in [2.24, 2.45) is 0 Å². The average Bonchev–Trinajstić information content (AvgIpc) is 2.55. The summed E-state index contributed by atoms with van der Waals surface area (Å²) >= 11 is 0. The highest BCUT2D eigenvalue weighted by atomic mass is 14.9. The molecule has 2 aromatic rings. The predicted molar refractivity (Wildman–Crippen MR) is 91.7 cm³/mol. The Labute approximate surface area is 129 Å². The highest BCUT2D eigenvalue weighted by Gasteiger charge is 2.37. The molecule has 0 aromatic heterocycles. The number of benzene rings is 2. The molecular formula is C20H27N. The molecule has 1 nitrogen and oxygen atoms in total. The second-order valence-corrected chi connectivity index (χ2v) is 5.81. The lowest BCUT2D eigenvalue weighted by Crippen LogP contribution is -2.40. The van der Waals surface area contributed by atoms with Crippen molar-refractivity contribution in [3.05, 3.63) is 71.3 Å². The second-order valence-electron chi connectivity index (χ2n) is 5.81. The first-order valence-electron chi connectivity index (χ1n) is 7.98. The van der Waals surface area contributed by atoms with Crippen LogP contribution in [0.2, 0.25) is 0 Å². The molecule has 21 heavy (non-hydrogen) atoms. The van der Waals surface area contributed by atoms with Crippen LogP contribution in [0.5, 0.6) is 0 Å². The molecule has 0 saturated heterocycles. The highest BCUT2D eigenvalue weighted by molar-refractivity contribution is 5.37. The lowest BCUT2D eigenvalue weighted by atomic mass is 9.67. The smallest absolute Gasteiger partial charge is 0.0418 e. The Morgan fingerprint density at radius 3 is 2.00 bits per heavy atom. The molecule has 0 aliphatic heterocycles. The Kier molecular flexibility index (Phi) is 5.19. The lowest BCUT2D eigenvalue weighted by molar-refractivity contribution is 0.286. The minimum atomic E-state index is 0.127. The zero-order chi connectivity index (χ0) is 15.3. The van der Waals surface area contributed by atoms with Crippen LogP contribution in [0.3, 0.4) is 0 Å². The largest absolute Gasteiger partial charge is 0.312 e. The molecule has 0 spiro atoms. The van der Waals surface area contributed by atoms with Crippen molar-refractivity contribution in [3.63, 3.8) is 0 Å². The average molecular weight is 281 g/mol. The summed E-state index contributed by atoms with van der Waals surface area (Å²) in [5.74, 6) is 0. The van der Waals surface area contributed by atoms with E-state index < -0.39 is 0 Å². The standard InChI is InChI=1S/C20H27N/c1-5-20(6-2,17-13-8-7-9-14-17)19(21-4)18-15-11-10-12-16(18)3/h7-15,19,21H,5-6H2,1-4H3. The van der Waals surface area contributed by atoms with E-state index in [2.05, 4.69) is 87.7 Å². The van der Waals surface area contributed by atoms with E-state index >= 15 is 0 Å². The number of hydrogen-bond donors (Lipinski definition) is 1. The molecule has 0 bridgehead atoms. The molecule has 0 radical (unpaired) electrons. The number of hydrogen-bond acceptors (Lipinski definition) is 1. The van der Waals surface area contributed by atoms with E-state index in [9.17, 15) is 0 Å². The number of rotatable bonds is 6. The second kappa shape index (κ2) is 6.91. The van der Waals surface area contributed by atoms with Gasteiger partial charge < -0.3 is 5.32 Å². The number of aryl methyl sites for hydroxylation is 1. The van der Waals surface area contributed by atoms with Gasteiger partial charge in [0.2, 0.25) is 0 Å². The van der Waals surface area contributed by atoms with Gasteiger partial charge in [-0.05, 0) is 43.5 Å². The molecule has 1 unspecified atom stereocenters. The van der Waals surface area contributed by atoms with Crippen molar-refractivity contribution in [3.8, 4) is 0 Å². The fourth-order valence-electron chi connectivity index (χ4n) is 3.64. The van der Waals surface area contributed by atoms with Crippen molar-refractivity contribution >= 4 is 0 Å². The Morgan fingerprint density at radius 1 is 0.905 bits per heavy atom. The predicted octanol–water partition coefficient (Wildman–Crippen LogP) is 5.01. The molecule has 0 amide bonds. The quantitative estimate of drug-likeness (QED) is 0.784. The van der Waals surface area contributed by atoms with Crippen LogP contribution in [0.25, 0.3) is 0 Å². The van der Waals surface area contributed by atoms with Crippen molar-refractivity contribution in [1.29, 1.82) is 0 Å². The molecule has 0 heterocycles. The first-order valence-corrected chi connectivity index (χ1v) is 7.98. The maximum atomic E-state index is 3.60. The summed E-state index contributed by atoms with van der Waals surface area (Å²) in [6.07, 6.45) is 2.24. The Hall–Kier alpha value is -1.60. The third-order valence-corrected chi connectivity index (χ3v) is 4.95. The maximum Gasteiger partial charge on any atom is 0.0418 e. The van der Waals surface area contributed by atoms with E-state index in [-0.39, 0.29) is 5.41 Å². The van der Waals surface area contributed by atoms with Gasteiger partial charge in [-0.25, -0.2) is 0 Å². The van der Waals surface area contributed by atoms with E-state index in [0.717, 1.165) is 12.8 Å². The van der Waals surface area contributed by atoms with Gasteiger partial charge in [0.15, 0.2) is 0 Å². The molecule has 0 aliphatic rings. The first-order chi connectivity index (χ1) is 10.2. The number of nitrogens with one attached hydrogen (secondary N) is 1. The van der Waals surface area contributed by atoms with Crippen LogP contribution >= 0.6 is 0 Å².